The standard InChI is InChI=1S/C29H35N3O7S/c33-27(26(16-20-6-2-1-3-7-20)32-29(34)39-22-12-15-37-19-22)18-28(38-21-8-4-5-9-21)40(35,36)23-10-11-24-25(17-23)31-14-13-30-24/h1-3,6-7,10-11,13-14,17,21-22,26-28,33H,4-5,8-9,12,15-16,18-19H2,(H,32,34)/t22?,26-,27+,28?/m0/s1. The number of amides is 1. The van der Waals surface area contributed by atoms with Crippen molar-refractivity contribution in [2.24, 2.45) is 0 Å². The van der Waals surface area contributed by atoms with Gasteiger partial charge in [0, 0.05) is 25.2 Å². The number of ether oxygens (including phenoxy) is 3. The summed E-state index contributed by atoms with van der Waals surface area (Å²) in [6.45, 7) is 0.845. The smallest absolute Gasteiger partial charge is 0.407 e. The molecule has 2 heterocycles. The molecule has 1 amide bonds. The van der Waals surface area contributed by atoms with Crippen molar-refractivity contribution in [3.8, 4) is 0 Å². The molecule has 2 aromatic carbocycles. The molecule has 5 rings (SSSR count). The minimum Gasteiger partial charge on any atom is -0.444 e. The monoisotopic (exact) mass is 569 g/mol. The summed E-state index contributed by atoms with van der Waals surface area (Å²) in [5, 5.41) is 14.2. The van der Waals surface area contributed by atoms with Crippen LogP contribution in [-0.2, 0) is 30.5 Å². The molecule has 40 heavy (non-hydrogen) atoms. The molecule has 4 atom stereocenters. The van der Waals surface area contributed by atoms with E-state index in [0.717, 1.165) is 31.2 Å². The van der Waals surface area contributed by atoms with Gasteiger partial charge in [-0.3, -0.25) is 9.97 Å². The first kappa shape index (κ1) is 28.4. The second-order valence-electron chi connectivity index (χ2n) is 10.4. The number of nitrogens with one attached hydrogen (secondary N) is 1. The van der Waals surface area contributed by atoms with E-state index in [0.29, 0.717) is 30.7 Å². The van der Waals surface area contributed by atoms with Gasteiger partial charge in [0.1, 0.15) is 6.10 Å². The van der Waals surface area contributed by atoms with E-state index < -0.39 is 33.5 Å². The summed E-state index contributed by atoms with van der Waals surface area (Å²) < 4.78 is 44.8. The first-order chi connectivity index (χ1) is 19.4. The van der Waals surface area contributed by atoms with Crippen molar-refractivity contribution in [3.05, 3.63) is 66.5 Å². The summed E-state index contributed by atoms with van der Waals surface area (Å²) in [5.41, 5.74) is 0.582. The van der Waals surface area contributed by atoms with Gasteiger partial charge in [0.15, 0.2) is 5.44 Å². The van der Waals surface area contributed by atoms with Crippen LogP contribution in [0.1, 0.15) is 44.1 Å². The van der Waals surface area contributed by atoms with Crippen LogP contribution in [0.3, 0.4) is 0 Å². The van der Waals surface area contributed by atoms with Crippen LogP contribution in [0.5, 0.6) is 0 Å². The molecule has 214 valence electrons. The lowest BCUT2D eigenvalue weighted by Crippen LogP contribution is -2.48. The third kappa shape index (κ3) is 7.14. The van der Waals surface area contributed by atoms with Crippen LogP contribution in [0.25, 0.3) is 11.0 Å². The average molecular weight is 570 g/mol. The summed E-state index contributed by atoms with van der Waals surface area (Å²) in [6.07, 6.45) is 4.63. The number of aliphatic hydroxyl groups is 1. The minimum atomic E-state index is -4.04. The molecular formula is C29H35N3O7S. The number of aromatic nitrogens is 2. The first-order valence-corrected chi connectivity index (χ1v) is 15.3. The summed E-state index contributed by atoms with van der Waals surface area (Å²) in [6, 6.07) is 13.2. The third-order valence-electron chi connectivity index (χ3n) is 7.42. The molecule has 3 aromatic rings. The fraction of sp³-hybridized carbons (Fsp3) is 0.483. The molecule has 1 aliphatic heterocycles. The van der Waals surface area contributed by atoms with Crippen LogP contribution in [0, 0.1) is 0 Å². The lowest BCUT2D eigenvalue weighted by atomic mass is 9.99. The summed E-state index contributed by atoms with van der Waals surface area (Å²) in [7, 11) is -4.04. The van der Waals surface area contributed by atoms with Crippen LogP contribution in [0.15, 0.2) is 65.8 Å². The Hall–Kier alpha value is -3.12. The van der Waals surface area contributed by atoms with E-state index in [1.165, 1.54) is 18.3 Å². The fourth-order valence-electron chi connectivity index (χ4n) is 5.22. The molecule has 2 unspecified atom stereocenters. The van der Waals surface area contributed by atoms with Crippen LogP contribution >= 0.6 is 0 Å². The Bertz CT molecular complexity index is 1380. The number of sulfone groups is 1. The van der Waals surface area contributed by atoms with Crippen LogP contribution in [-0.4, -0.2) is 72.6 Å². The largest absolute Gasteiger partial charge is 0.444 e. The van der Waals surface area contributed by atoms with Crippen molar-refractivity contribution in [1.82, 2.24) is 15.3 Å². The molecule has 2 aliphatic rings. The average Bonchev–Trinajstić information content (AvgIpc) is 3.67. The van der Waals surface area contributed by atoms with Crippen LogP contribution < -0.4 is 5.32 Å². The van der Waals surface area contributed by atoms with Gasteiger partial charge in [-0.25, -0.2) is 13.2 Å². The van der Waals surface area contributed by atoms with Crippen molar-refractivity contribution in [3.63, 3.8) is 0 Å². The minimum absolute atomic E-state index is 0.0453. The molecule has 1 saturated heterocycles. The molecule has 11 heteroatoms. The Morgan fingerprint density at radius 2 is 1.77 bits per heavy atom. The molecule has 1 saturated carbocycles. The first-order valence-electron chi connectivity index (χ1n) is 13.8. The normalized spacial score (nSPS) is 20.3. The van der Waals surface area contributed by atoms with Gasteiger partial charge in [0.05, 0.1) is 47.4 Å². The van der Waals surface area contributed by atoms with Gasteiger partial charge in [0.2, 0.25) is 9.84 Å². The molecule has 2 N–H and O–H groups in total. The van der Waals surface area contributed by atoms with E-state index in [9.17, 15) is 18.3 Å². The highest BCUT2D eigenvalue weighted by Gasteiger charge is 2.37. The van der Waals surface area contributed by atoms with Gasteiger partial charge in [0.25, 0.3) is 0 Å². The second-order valence-corrected chi connectivity index (χ2v) is 12.4. The lowest BCUT2D eigenvalue weighted by Gasteiger charge is -2.29. The van der Waals surface area contributed by atoms with Gasteiger partial charge in [-0.05, 0) is 43.0 Å². The van der Waals surface area contributed by atoms with E-state index in [4.69, 9.17) is 14.2 Å². The van der Waals surface area contributed by atoms with E-state index in [-0.39, 0.29) is 29.9 Å². The highest BCUT2D eigenvalue weighted by Crippen LogP contribution is 2.30. The summed E-state index contributed by atoms with van der Waals surface area (Å²) >= 11 is 0. The van der Waals surface area contributed by atoms with Gasteiger partial charge in [-0.1, -0.05) is 43.2 Å². The van der Waals surface area contributed by atoms with Crippen molar-refractivity contribution >= 4 is 27.0 Å². The number of aliphatic hydroxyl groups excluding tert-OH is 1. The molecule has 0 spiro atoms. The topological polar surface area (TPSA) is 137 Å². The third-order valence-corrected chi connectivity index (χ3v) is 9.33. The molecule has 1 aromatic heterocycles. The van der Waals surface area contributed by atoms with Gasteiger partial charge >= 0.3 is 6.09 Å². The zero-order chi connectivity index (χ0) is 28.0. The number of hydrogen-bond acceptors (Lipinski definition) is 9. The molecule has 2 fully saturated rings. The van der Waals surface area contributed by atoms with E-state index in [1.807, 2.05) is 30.3 Å². The predicted octanol–water partition coefficient (Wildman–Crippen LogP) is 3.57. The lowest BCUT2D eigenvalue weighted by molar-refractivity contribution is -0.000905. The molecule has 10 nitrogen and oxygen atoms in total. The van der Waals surface area contributed by atoms with Crippen molar-refractivity contribution in [2.45, 2.75) is 79.6 Å². The Balaban J connectivity index is 1.38. The molecule has 0 bridgehead atoms. The summed E-state index contributed by atoms with van der Waals surface area (Å²) in [5.74, 6) is 0. The highest BCUT2D eigenvalue weighted by atomic mass is 32.2. The second kappa shape index (κ2) is 13.0. The van der Waals surface area contributed by atoms with Gasteiger partial charge in [-0.15, -0.1) is 0 Å². The zero-order valence-corrected chi connectivity index (χ0v) is 23.0. The van der Waals surface area contributed by atoms with Crippen molar-refractivity contribution in [1.29, 1.82) is 0 Å². The maximum Gasteiger partial charge on any atom is 0.407 e. The number of rotatable bonds is 11. The Kier molecular flexibility index (Phi) is 9.25. The number of hydrogen-bond donors (Lipinski definition) is 2. The fourth-order valence-corrected chi connectivity index (χ4v) is 6.81. The number of nitrogens with zero attached hydrogens (tertiary/aromatic N) is 2. The van der Waals surface area contributed by atoms with Gasteiger partial charge < -0.3 is 24.6 Å². The number of carbonyl (C=O) groups excluding carboxylic acids is 1. The van der Waals surface area contributed by atoms with Crippen LogP contribution in [0.2, 0.25) is 0 Å². The van der Waals surface area contributed by atoms with Crippen molar-refractivity contribution in [2.75, 3.05) is 13.2 Å². The highest BCUT2D eigenvalue weighted by molar-refractivity contribution is 7.92. The van der Waals surface area contributed by atoms with Crippen molar-refractivity contribution < 1.29 is 32.5 Å². The molecular weight excluding hydrogens is 534 g/mol. The Labute approximate surface area is 234 Å². The van der Waals surface area contributed by atoms with E-state index >= 15 is 0 Å². The van der Waals surface area contributed by atoms with E-state index in [2.05, 4.69) is 15.3 Å². The molecule has 1 aliphatic carbocycles. The number of alkyl carbamates (subject to hydrolysis) is 1. The predicted molar refractivity (Wildman–Crippen MR) is 147 cm³/mol. The quantitative estimate of drug-likeness (QED) is 0.355. The maximum absolute atomic E-state index is 13.9. The van der Waals surface area contributed by atoms with Gasteiger partial charge in [-0.2, -0.15) is 0 Å². The number of carbonyl (C=O) groups is 1. The summed E-state index contributed by atoms with van der Waals surface area (Å²) in [4.78, 5) is 21.3. The van der Waals surface area contributed by atoms with Crippen LogP contribution in [0.4, 0.5) is 4.79 Å². The SMILES string of the molecule is O=C(N[C@@H](Cc1ccccc1)[C@H](O)CC(OC1CCCC1)S(=O)(=O)c1ccc2nccnc2c1)OC1CCOC1. The molecule has 0 radical (unpaired) electrons. The maximum atomic E-state index is 13.9. The zero-order valence-electron chi connectivity index (χ0n) is 22.2. The van der Waals surface area contributed by atoms with E-state index in [1.54, 1.807) is 12.3 Å². The number of fused-ring (bicyclic) bond motifs is 1. The Morgan fingerprint density at radius 1 is 1.02 bits per heavy atom. The number of benzene rings is 2. The Morgan fingerprint density at radius 3 is 2.50 bits per heavy atom.